The standard InChI is InChI=1S/C28H39F2N5O2S/c1-19-16-34(3)31-9-5-4-6-22(19)25(36)32-21-14-28(15-21)12-20(13-28)7-10-35-11-8-24-23(17-35)33-26(38-24)37-18-27(2,29)30/h4-6,9,16,20-21,25,32,36H,7-8,10-15,17-18H2,1-3H3. The van der Waals surface area contributed by atoms with Gasteiger partial charge in [-0.15, -0.1) is 0 Å². The first-order chi connectivity index (χ1) is 18.1. The average Bonchev–Trinajstić information content (AvgIpc) is 3.23. The highest BCUT2D eigenvalue weighted by Crippen LogP contribution is 2.59. The molecule has 10 heteroatoms. The van der Waals surface area contributed by atoms with Crippen LogP contribution >= 0.6 is 11.3 Å². The first kappa shape index (κ1) is 27.4. The van der Waals surface area contributed by atoms with Crippen LogP contribution in [0.1, 0.15) is 67.0 Å². The van der Waals surface area contributed by atoms with Crippen LogP contribution < -0.4 is 10.1 Å². The molecule has 0 amide bonds. The molecule has 3 aliphatic rings. The highest BCUT2D eigenvalue weighted by Gasteiger charge is 2.52. The molecular weight excluding hydrogens is 508 g/mol. The number of nitrogens with zero attached hydrogens (tertiary/aromatic N) is 4. The fraction of sp³-hybridized carbons (Fsp3) is 0.643. The number of aliphatic hydroxyl groups is 1. The first-order valence-corrected chi connectivity index (χ1v) is 14.4. The number of hydrogen-bond acceptors (Lipinski definition) is 7. The Hall–Kier alpha value is -2.14. The van der Waals surface area contributed by atoms with Crippen molar-refractivity contribution in [2.75, 3.05) is 19.7 Å². The number of aromatic nitrogens is 3. The van der Waals surface area contributed by atoms with Crippen LogP contribution in [0.4, 0.5) is 8.78 Å². The lowest BCUT2D eigenvalue weighted by atomic mass is 9.49. The van der Waals surface area contributed by atoms with E-state index in [1.165, 1.54) is 35.5 Å². The molecular formula is C28H39F2N5O2S. The van der Waals surface area contributed by atoms with Crippen LogP contribution in [0.5, 0.6) is 5.19 Å². The zero-order valence-corrected chi connectivity index (χ0v) is 23.3. The normalized spacial score (nSPS) is 25.7. The van der Waals surface area contributed by atoms with Crippen LogP contribution in [0, 0.1) is 18.3 Å². The summed E-state index contributed by atoms with van der Waals surface area (Å²) in [5, 5.41) is 19.0. The van der Waals surface area contributed by atoms with E-state index in [1.54, 1.807) is 10.9 Å². The number of alkyl halides is 2. The number of thiazole rings is 1. The number of rotatable bonds is 9. The van der Waals surface area contributed by atoms with E-state index in [2.05, 4.69) is 20.3 Å². The van der Waals surface area contributed by atoms with Crippen LogP contribution in [0.3, 0.4) is 0 Å². The number of hydrogen-bond donors (Lipinski definition) is 2. The fourth-order valence-corrected chi connectivity index (χ4v) is 7.24. The molecule has 5 rings (SSSR count). The van der Waals surface area contributed by atoms with Gasteiger partial charge in [0, 0.05) is 50.4 Å². The Bertz CT molecular complexity index is 1160. The van der Waals surface area contributed by atoms with Crippen LogP contribution in [-0.2, 0) is 20.0 Å². The van der Waals surface area contributed by atoms with E-state index >= 15 is 0 Å². The van der Waals surface area contributed by atoms with Gasteiger partial charge in [-0.1, -0.05) is 23.5 Å². The number of aliphatic hydroxyl groups excluding tert-OH is 1. The van der Waals surface area contributed by atoms with Gasteiger partial charge in [-0.2, -0.15) is 5.10 Å². The van der Waals surface area contributed by atoms with Gasteiger partial charge in [0.15, 0.2) is 6.61 Å². The third-order valence-electron chi connectivity index (χ3n) is 8.14. The van der Waals surface area contributed by atoms with E-state index < -0.39 is 18.8 Å². The zero-order chi connectivity index (χ0) is 26.9. The minimum Gasteiger partial charge on any atom is -0.464 e. The highest BCUT2D eigenvalue weighted by atomic mass is 32.1. The Morgan fingerprint density at radius 1 is 1.29 bits per heavy atom. The molecule has 1 aliphatic heterocycles. The van der Waals surface area contributed by atoms with Gasteiger partial charge in [0.1, 0.15) is 6.23 Å². The molecule has 2 aliphatic carbocycles. The Kier molecular flexibility index (Phi) is 8.05. The van der Waals surface area contributed by atoms with E-state index in [0.717, 1.165) is 68.6 Å². The van der Waals surface area contributed by atoms with Crippen molar-refractivity contribution in [1.82, 2.24) is 25.0 Å². The molecule has 2 N–H and O–H groups in total. The van der Waals surface area contributed by atoms with E-state index in [1.807, 2.05) is 38.4 Å². The quantitative estimate of drug-likeness (QED) is 0.434. The number of halogens is 2. The fourth-order valence-electron chi connectivity index (χ4n) is 6.33. The van der Waals surface area contributed by atoms with Gasteiger partial charge < -0.3 is 9.84 Å². The van der Waals surface area contributed by atoms with Gasteiger partial charge in [-0.3, -0.25) is 14.9 Å². The Morgan fingerprint density at radius 3 is 2.84 bits per heavy atom. The lowest BCUT2D eigenvalue weighted by Crippen LogP contribution is -2.56. The Balaban J connectivity index is 1.03. The Labute approximate surface area is 227 Å². The van der Waals surface area contributed by atoms with Crippen molar-refractivity contribution in [1.29, 1.82) is 0 Å². The van der Waals surface area contributed by atoms with Crippen molar-refractivity contribution in [2.45, 2.75) is 77.1 Å². The molecule has 2 fully saturated rings. The molecule has 0 aromatic carbocycles. The number of ether oxygens (including phenoxy) is 1. The highest BCUT2D eigenvalue weighted by molar-refractivity contribution is 7.13. The van der Waals surface area contributed by atoms with Gasteiger partial charge in [0.2, 0.25) is 0 Å². The van der Waals surface area contributed by atoms with Crippen LogP contribution in [0.2, 0.25) is 0 Å². The summed E-state index contributed by atoms with van der Waals surface area (Å²) in [6.45, 7) is 5.05. The van der Waals surface area contributed by atoms with Crippen molar-refractivity contribution < 1.29 is 18.6 Å². The van der Waals surface area contributed by atoms with Gasteiger partial charge in [0.05, 0.1) is 5.69 Å². The van der Waals surface area contributed by atoms with Crippen molar-refractivity contribution >= 4 is 11.3 Å². The maximum atomic E-state index is 13.1. The topological polar surface area (TPSA) is 75.4 Å². The largest absolute Gasteiger partial charge is 0.464 e. The van der Waals surface area contributed by atoms with Gasteiger partial charge in [0.25, 0.3) is 11.1 Å². The summed E-state index contributed by atoms with van der Waals surface area (Å²) in [5.41, 5.74) is 3.30. The molecule has 3 heterocycles. The molecule has 38 heavy (non-hydrogen) atoms. The molecule has 1 atom stereocenters. The summed E-state index contributed by atoms with van der Waals surface area (Å²) < 4.78 is 33.1. The van der Waals surface area contributed by atoms with Crippen molar-refractivity contribution in [3.8, 4) is 5.19 Å². The first-order valence-electron chi connectivity index (χ1n) is 13.6. The smallest absolute Gasteiger partial charge is 0.278 e. The van der Waals surface area contributed by atoms with Gasteiger partial charge >= 0.3 is 0 Å². The lowest BCUT2D eigenvalue weighted by molar-refractivity contribution is -0.0681. The van der Waals surface area contributed by atoms with Crippen LogP contribution in [0.15, 0.2) is 30.6 Å². The molecule has 2 aromatic heterocycles. The molecule has 2 saturated carbocycles. The summed E-state index contributed by atoms with van der Waals surface area (Å²) in [6.07, 6.45) is 9.86. The number of nitrogens with one attached hydrogen (secondary N) is 1. The Morgan fingerprint density at radius 2 is 2.08 bits per heavy atom. The molecule has 0 radical (unpaired) electrons. The zero-order valence-electron chi connectivity index (χ0n) is 22.5. The molecule has 1 spiro atoms. The molecule has 0 saturated heterocycles. The minimum atomic E-state index is -2.85. The second-order valence-corrected chi connectivity index (χ2v) is 12.7. The molecule has 1 unspecified atom stereocenters. The summed E-state index contributed by atoms with van der Waals surface area (Å²) in [4.78, 5) is 8.08. The van der Waals surface area contributed by atoms with Gasteiger partial charge in [-0.05, 0) is 80.5 Å². The summed E-state index contributed by atoms with van der Waals surface area (Å²) >= 11 is 1.41. The molecule has 208 valence electrons. The predicted molar refractivity (Wildman–Crippen MR) is 144 cm³/mol. The third-order valence-corrected chi connectivity index (χ3v) is 9.21. The number of aryl methyl sites for hydroxylation is 2. The van der Waals surface area contributed by atoms with E-state index in [4.69, 9.17) is 4.74 Å². The van der Waals surface area contributed by atoms with E-state index in [0.29, 0.717) is 16.7 Å². The van der Waals surface area contributed by atoms with Crippen molar-refractivity contribution in [2.24, 2.45) is 18.4 Å². The minimum absolute atomic E-state index is 0.347. The molecule has 7 nitrogen and oxygen atoms in total. The van der Waals surface area contributed by atoms with Crippen LogP contribution in [0.25, 0.3) is 0 Å². The summed E-state index contributed by atoms with van der Waals surface area (Å²) in [7, 11) is 1.88. The van der Waals surface area contributed by atoms with Crippen molar-refractivity contribution in [3.63, 3.8) is 0 Å². The van der Waals surface area contributed by atoms with Gasteiger partial charge in [-0.25, -0.2) is 13.8 Å². The van der Waals surface area contributed by atoms with Crippen LogP contribution in [-0.4, -0.2) is 56.4 Å². The van der Waals surface area contributed by atoms with Crippen molar-refractivity contribution in [3.05, 3.63) is 52.3 Å². The molecule has 2 aromatic rings. The second kappa shape index (κ2) is 11.2. The molecule has 0 bridgehead atoms. The lowest BCUT2D eigenvalue weighted by Gasteiger charge is -2.58. The average molecular weight is 548 g/mol. The third kappa shape index (κ3) is 6.70. The predicted octanol–water partition coefficient (Wildman–Crippen LogP) is 4.93. The maximum absolute atomic E-state index is 13.1. The SMILES string of the molecule is Cc1cn(C)nccccc1C(O)NC1CC2(CC(CCN3CCc4sc(OCC(C)(F)F)nc4C3)C2)C1. The number of fused-ring (bicyclic) bond motifs is 1. The monoisotopic (exact) mass is 547 g/mol. The van der Waals surface area contributed by atoms with E-state index in [-0.39, 0.29) is 0 Å². The summed E-state index contributed by atoms with van der Waals surface area (Å²) in [5.74, 6) is -2.09. The second-order valence-electron chi connectivity index (χ2n) is 11.6. The maximum Gasteiger partial charge on any atom is 0.278 e. The summed E-state index contributed by atoms with van der Waals surface area (Å²) in [6, 6.07) is 6.08. The van der Waals surface area contributed by atoms with E-state index in [9.17, 15) is 13.9 Å².